The van der Waals surface area contributed by atoms with Crippen LogP contribution in [0.2, 0.25) is 0 Å². The number of fused-ring (bicyclic) bond motifs is 1. The second kappa shape index (κ2) is 10.0. The highest BCUT2D eigenvalue weighted by Crippen LogP contribution is 2.31. The Hall–Kier alpha value is -3.80. The number of aryl methyl sites for hydroxylation is 1. The zero-order valence-corrected chi connectivity index (χ0v) is 18.1. The molecule has 3 aromatic rings. The van der Waals surface area contributed by atoms with Gasteiger partial charge in [-0.15, -0.1) is 0 Å². The maximum absolute atomic E-state index is 13.0. The second-order valence-electron chi connectivity index (χ2n) is 7.75. The average molecular weight is 430 g/mol. The molecule has 164 valence electrons. The van der Waals surface area contributed by atoms with Crippen molar-refractivity contribution in [2.24, 2.45) is 0 Å². The van der Waals surface area contributed by atoms with E-state index in [1.54, 1.807) is 12.0 Å². The number of anilines is 2. The van der Waals surface area contributed by atoms with Gasteiger partial charge >= 0.3 is 6.03 Å². The fourth-order valence-corrected chi connectivity index (χ4v) is 3.89. The summed E-state index contributed by atoms with van der Waals surface area (Å²) in [5.41, 5.74) is 4.43. The number of benzene rings is 3. The van der Waals surface area contributed by atoms with Crippen LogP contribution in [-0.4, -0.2) is 32.1 Å². The number of hydrogen-bond donors (Lipinski definition) is 2. The second-order valence-corrected chi connectivity index (χ2v) is 7.75. The van der Waals surface area contributed by atoms with Gasteiger partial charge in [0.2, 0.25) is 0 Å². The summed E-state index contributed by atoms with van der Waals surface area (Å²) in [4.78, 5) is 27.2. The molecule has 6 nitrogen and oxygen atoms in total. The Bertz CT molecular complexity index is 1080. The maximum atomic E-state index is 13.0. The van der Waals surface area contributed by atoms with Crippen LogP contribution in [0.15, 0.2) is 72.8 Å². The summed E-state index contributed by atoms with van der Waals surface area (Å²) in [6.07, 6.45) is 2.56. The molecule has 0 radical (unpaired) electrons. The fourth-order valence-electron chi connectivity index (χ4n) is 3.89. The summed E-state index contributed by atoms with van der Waals surface area (Å²) < 4.78 is 5.16. The summed E-state index contributed by atoms with van der Waals surface area (Å²) in [6, 6.07) is 22.6. The molecule has 3 aromatic carbocycles. The molecule has 1 aliphatic rings. The molecule has 0 saturated carbocycles. The molecule has 3 amide bonds. The van der Waals surface area contributed by atoms with Gasteiger partial charge in [0.25, 0.3) is 5.91 Å². The monoisotopic (exact) mass is 429 g/mol. The Balaban J connectivity index is 1.38. The number of nitrogens with zero attached hydrogens (tertiary/aromatic N) is 1. The molecular formula is C26H27N3O3. The number of methoxy groups -OCH3 is 1. The minimum Gasteiger partial charge on any atom is -0.497 e. The number of hydrogen-bond acceptors (Lipinski definition) is 3. The van der Waals surface area contributed by atoms with E-state index in [1.165, 1.54) is 0 Å². The van der Waals surface area contributed by atoms with E-state index in [0.29, 0.717) is 24.3 Å². The third-order valence-electron chi connectivity index (χ3n) is 5.59. The van der Waals surface area contributed by atoms with Gasteiger partial charge in [-0.2, -0.15) is 0 Å². The molecule has 6 heteroatoms. The summed E-state index contributed by atoms with van der Waals surface area (Å²) in [5, 5.41) is 5.77. The van der Waals surface area contributed by atoms with Crippen LogP contribution >= 0.6 is 0 Å². The van der Waals surface area contributed by atoms with E-state index in [9.17, 15) is 9.59 Å². The highest BCUT2D eigenvalue weighted by atomic mass is 16.5. The maximum Gasteiger partial charge on any atom is 0.319 e. The largest absolute Gasteiger partial charge is 0.497 e. The third kappa shape index (κ3) is 5.09. The lowest BCUT2D eigenvalue weighted by Crippen LogP contribution is -2.35. The Labute approximate surface area is 188 Å². The lowest BCUT2D eigenvalue weighted by Gasteiger charge is -2.30. The normalized spacial score (nSPS) is 12.6. The molecular weight excluding hydrogens is 402 g/mol. The van der Waals surface area contributed by atoms with Crippen molar-refractivity contribution in [3.8, 4) is 5.75 Å². The number of carbonyl (C=O) groups is 2. The predicted molar refractivity (Wildman–Crippen MR) is 127 cm³/mol. The summed E-state index contributed by atoms with van der Waals surface area (Å²) in [6.45, 7) is 1.18. The van der Waals surface area contributed by atoms with E-state index in [0.717, 1.165) is 41.8 Å². The zero-order valence-electron chi connectivity index (χ0n) is 18.1. The first-order chi connectivity index (χ1) is 15.6. The quantitative estimate of drug-likeness (QED) is 0.599. The lowest BCUT2D eigenvalue weighted by molar-refractivity contribution is 0.0985. The number of rotatable bonds is 6. The highest BCUT2D eigenvalue weighted by molar-refractivity contribution is 6.07. The van der Waals surface area contributed by atoms with Gasteiger partial charge in [0.1, 0.15) is 5.75 Å². The molecule has 1 aliphatic heterocycles. The summed E-state index contributed by atoms with van der Waals surface area (Å²) in [5.74, 6) is 0.791. The van der Waals surface area contributed by atoms with Crippen LogP contribution in [0.4, 0.5) is 16.2 Å². The van der Waals surface area contributed by atoms with E-state index in [-0.39, 0.29) is 11.9 Å². The van der Waals surface area contributed by atoms with Crippen molar-refractivity contribution in [2.45, 2.75) is 19.3 Å². The van der Waals surface area contributed by atoms with E-state index in [1.807, 2.05) is 72.8 Å². The fraction of sp³-hybridized carbons (Fsp3) is 0.231. The molecule has 4 rings (SSSR count). The Morgan fingerprint density at radius 1 is 1.00 bits per heavy atom. The van der Waals surface area contributed by atoms with Crippen LogP contribution in [0.25, 0.3) is 0 Å². The van der Waals surface area contributed by atoms with Gasteiger partial charge in [0, 0.05) is 30.0 Å². The molecule has 1 heterocycles. The molecule has 0 unspecified atom stereocenters. The Kier molecular flexibility index (Phi) is 6.70. The van der Waals surface area contributed by atoms with Crippen molar-refractivity contribution in [3.63, 3.8) is 0 Å². The van der Waals surface area contributed by atoms with Crippen molar-refractivity contribution in [3.05, 3.63) is 89.5 Å². The lowest BCUT2D eigenvalue weighted by atomic mass is 10.00. The number of urea groups is 1. The highest BCUT2D eigenvalue weighted by Gasteiger charge is 2.24. The van der Waals surface area contributed by atoms with Crippen molar-refractivity contribution in [1.29, 1.82) is 0 Å². The number of amides is 3. The van der Waals surface area contributed by atoms with Crippen LogP contribution in [0.5, 0.6) is 5.75 Å². The first kappa shape index (κ1) is 21.4. The molecule has 0 fully saturated rings. The first-order valence-corrected chi connectivity index (χ1v) is 10.8. The van der Waals surface area contributed by atoms with Gasteiger partial charge in [0.15, 0.2) is 0 Å². The van der Waals surface area contributed by atoms with Gasteiger partial charge in [0.05, 0.1) is 7.11 Å². The van der Waals surface area contributed by atoms with Gasteiger partial charge in [-0.25, -0.2) is 4.79 Å². The SMILES string of the molecule is COc1ccc(CCNC(=O)Nc2ccc3c(c2)N(C(=O)c2ccccc2)CCC3)cc1. The smallest absolute Gasteiger partial charge is 0.319 e. The molecule has 0 aromatic heterocycles. The molecule has 0 spiro atoms. The van der Waals surface area contributed by atoms with Crippen molar-refractivity contribution in [1.82, 2.24) is 5.32 Å². The van der Waals surface area contributed by atoms with Gasteiger partial charge in [-0.05, 0) is 66.8 Å². The standard InChI is InChI=1S/C26H27N3O3/c1-32-23-13-9-19(10-14-23)15-16-27-26(31)28-22-12-11-20-8-5-17-29(24(20)18-22)25(30)21-6-3-2-4-7-21/h2-4,6-7,9-14,18H,5,8,15-17H2,1H3,(H2,27,28,31). The van der Waals surface area contributed by atoms with E-state index in [2.05, 4.69) is 10.6 Å². The van der Waals surface area contributed by atoms with Crippen LogP contribution in [0.3, 0.4) is 0 Å². The number of carbonyl (C=O) groups excluding carboxylic acids is 2. The van der Waals surface area contributed by atoms with Crippen LogP contribution in [0.1, 0.15) is 27.9 Å². The van der Waals surface area contributed by atoms with Crippen molar-refractivity contribution >= 4 is 23.3 Å². The summed E-state index contributed by atoms with van der Waals surface area (Å²) >= 11 is 0. The zero-order chi connectivity index (χ0) is 22.3. The average Bonchev–Trinajstić information content (AvgIpc) is 2.84. The minimum absolute atomic E-state index is 0.0207. The topological polar surface area (TPSA) is 70.7 Å². The Morgan fingerprint density at radius 2 is 1.78 bits per heavy atom. The molecule has 0 bridgehead atoms. The first-order valence-electron chi connectivity index (χ1n) is 10.8. The molecule has 2 N–H and O–H groups in total. The van der Waals surface area contributed by atoms with E-state index < -0.39 is 0 Å². The van der Waals surface area contributed by atoms with Crippen LogP contribution in [0, 0.1) is 0 Å². The molecule has 0 saturated heterocycles. The third-order valence-corrected chi connectivity index (χ3v) is 5.59. The van der Waals surface area contributed by atoms with Gasteiger partial charge in [-0.3, -0.25) is 4.79 Å². The van der Waals surface area contributed by atoms with Crippen LogP contribution in [-0.2, 0) is 12.8 Å². The van der Waals surface area contributed by atoms with Crippen molar-refractivity contribution < 1.29 is 14.3 Å². The number of nitrogens with one attached hydrogen (secondary N) is 2. The predicted octanol–water partition coefficient (Wildman–Crippen LogP) is 4.65. The Morgan fingerprint density at radius 3 is 2.53 bits per heavy atom. The molecule has 0 aliphatic carbocycles. The summed E-state index contributed by atoms with van der Waals surface area (Å²) in [7, 11) is 1.64. The molecule has 0 atom stereocenters. The van der Waals surface area contributed by atoms with Gasteiger partial charge < -0.3 is 20.3 Å². The minimum atomic E-state index is -0.268. The van der Waals surface area contributed by atoms with Crippen LogP contribution < -0.4 is 20.3 Å². The number of ether oxygens (including phenoxy) is 1. The van der Waals surface area contributed by atoms with E-state index in [4.69, 9.17) is 4.74 Å². The van der Waals surface area contributed by atoms with Gasteiger partial charge in [-0.1, -0.05) is 36.4 Å². The van der Waals surface area contributed by atoms with Crippen molar-refractivity contribution in [2.75, 3.05) is 30.4 Å². The van der Waals surface area contributed by atoms with E-state index >= 15 is 0 Å². The molecule has 32 heavy (non-hydrogen) atoms.